The first kappa shape index (κ1) is 17.9. The van der Waals surface area contributed by atoms with Crippen molar-refractivity contribution < 1.29 is 9.90 Å². The molecule has 1 aromatic carbocycles. The number of aliphatic hydroxyl groups is 1. The molecule has 7 nitrogen and oxygen atoms in total. The minimum atomic E-state index is -0.260. The van der Waals surface area contributed by atoms with E-state index in [-0.39, 0.29) is 12.0 Å². The van der Waals surface area contributed by atoms with Crippen LogP contribution in [0, 0.1) is 0 Å². The SMILES string of the molecule is O=C(Nc1cccc(CN2CCC(O)C2)c1)c1ccc(N2CCCC2)nn1. The predicted octanol–water partition coefficient (Wildman–Crippen LogP) is 1.90. The van der Waals surface area contributed by atoms with Gasteiger partial charge in [-0.1, -0.05) is 12.1 Å². The van der Waals surface area contributed by atoms with Gasteiger partial charge in [-0.2, -0.15) is 0 Å². The summed E-state index contributed by atoms with van der Waals surface area (Å²) in [6, 6.07) is 11.4. The zero-order valence-corrected chi connectivity index (χ0v) is 15.3. The van der Waals surface area contributed by atoms with Crippen LogP contribution in [0.5, 0.6) is 0 Å². The normalized spacial score (nSPS) is 20.2. The van der Waals surface area contributed by atoms with Gasteiger partial charge in [-0.05, 0) is 49.1 Å². The van der Waals surface area contributed by atoms with Crippen LogP contribution in [0.15, 0.2) is 36.4 Å². The first-order valence-corrected chi connectivity index (χ1v) is 9.57. The van der Waals surface area contributed by atoms with Crippen LogP contribution in [-0.4, -0.2) is 58.4 Å². The molecule has 1 aromatic heterocycles. The standard InChI is InChI=1S/C20H25N5O2/c26-17-8-11-24(14-17)13-15-4-3-5-16(12-15)21-20(27)18-6-7-19(23-22-18)25-9-1-2-10-25/h3-7,12,17,26H,1-2,8-11,13-14H2,(H,21,27). The van der Waals surface area contributed by atoms with E-state index < -0.39 is 0 Å². The molecule has 0 aliphatic carbocycles. The Kier molecular flexibility index (Phi) is 5.31. The predicted molar refractivity (Wildman–Crippen MR) is 104 cm³/mol. The minimum Gasteiger partial charge on any atom is -0.392 e. The molecule has 0 spiro atoms. The Bertz CT molecular complexity index is 789. The van der Waals surface area contributed by atoms with Gasteiger partial charge in [0.2, 0.25) is 0 Å². The molecular formula is C20H25N5O2. The summed E-state index contributed by atoms with van der Waals surface area (Å²) in [5.74, 6) is 0.572. The summed E-state index contributed by atoms with van der Waals surface area (Å²) in [7, 11) is 0. The molecule has 2 fully saturated rings. The van der Waals surface area contributed by atoms with Crippen LogP contribution in [0.1, 0.15) is 35.3 Å². The lowest BCUT2D eigenvalue weighted by Crippen LogP contribution is -2.22. The Hall–Kier alpha value is -2.51. The fraction of sp³-hybridized carbons (Fsp3) is 0.450. The van der Waals surface area contributed by atoms with Crippen LogP contribution in [0.4, 0.5) is 11.5 Å². The molecule has 0 bridgehead atoms. The Morgan fingerprint density at radius 3 is 2.70 bits per heavy atom. The molecule has 27 heavy (non-hydrogen) atoms. The van der Waals surface area contributed by atoms with Crippen molar-refractivity contribution in [3.05, 3.63) is 47.7 Å². The third-order valence-corrected chi connectivity index (χ3v) is 5.15. The van der Waals surface area contributed by atoms with Gasteiger partial charge < -0.3 is 15.3 Å². The van der Waals surface area contributed by atoms with Crippen LogP contribution in [0.2, 0.25) is 0 Å². The van der Waals surface area contributed by atoms with Crippen LogP contribution < -0.4 is 10.2 Å². The molecule has 4 rings (SSSR count). The van der Waals surface area contributed by atoms with Crippen LogP contribution in [0.3, 0.4) is 0 Å². The number of anilines is 2. The molecule has 2 aliphatic heterocycles. The lowest BCUT2D eigenvalue weighted by Gasteiger charge is -2.16. The van der Waals surface area contributed by atoms with E-state index in [1.807, 2.05) is 30.3 Å². The number of likely N-dealkylation sites (tertiary alicyclic amines) is 1. The number of hydrogen-bond donors (Lipinski definition) is 2. The number of amides is 1. The van der Waals surface area contributed by atoms with Crippen LogP contribution >= 0.6 is 0 Å². The second-order valence-corrected chi connectivity index (χ2v) is 7.30. The average Bonchev–Trinajstić information content (AvgIpc) is 3.34. The third-order valence-electron chi connectivity index (χ3n) is 5.15. The van der Waals surface area contributed by atoms with Gasteiger partial charge in [0, 0.05) is 38.4 Å². The van der Waals surface area contributed by atoms with Crippen LogP contribution in [0.25, 0.3) is 0 Å². The van der Waals surface area contributed by atoms with Gasteiger partial charge in [-0.25, -0.2) is 0 Å². The minimum absolute atomic E-state index is 0.227. The molecule has 0 radical (unpaired) electrons. The van der Waals surface area contributed by atoms with Gasteiger partial charge in [0.1, 0.15) is 0 Å². The van der Waals surface area contributed by atoms with Crippen molar-refractivity contribution in [1.29, 1.82) is 0 Å². The van der Waals surface area contributed by atoms with Gasteiger partial charge in [0.25, 0.3) is 5.91 Å². The highest BCUT2D eigenvalue weighted by molar-refractivity contribution is 6.02. The highest BCUT2D eigenvalue weighted by atomic mass is 16.3. The maximum absolute atomic E-state index is 12.5. The van der Waals surface area contributed by atoms with Gasteiger partial charge in [-0.3, -0.25) is 9.69 Å². The van der Waals surface area contributed by atoms with E-state index >= 15 is 0 Å². The van der Waals surface area contributed by atoms with Gasteiger partial charge in [0.15, 0.2) is 11.5 Å². The van der Waals surface area contributed by atoms with Crippen molar-refractivity contribution in [3.63, 3.8) is 0 Å². The van der Waals surface area contributed by atoms with Gasteiger partial charge >= 0.3 is 0 Å². The fourth-order valence-corrected chi connectivity index (χ4v) is 3.72. The van der Waals surface area contributed by atoms with Crippen molar-refractivity contribution in [2.75, 3.05) is 36.4 Å². The number of hydrogen-bond acceptors (Lipinski definition) is 6. The monoisotopic (exact) mass is 367 g/mol. The average molecular weight is 367 g/mol. The smallest absolute Gasteiger partial charge is 0.276 e. The summed E-state index contributed by atoms with van der Waals surface area (Å²) in [5.41, 5.74) is 2.16. The Morgan fingerprint density at radius 2 is 2.00 bits per heavy atom. The number of benzene rings is 1. The Labute approximate surface area is 159 Å². The molecule has 2 aliphatic rings. The van der Waals surface area contributed by atoms with E-state index in [0.29, 0.717) is 12.2 Å². The van der Waals surface area contributed by atoms with Crippen molar-refractivity contribution >= 4 is 17.4 Å². The number of nitrogens with one attached hydrogen (secondary N) is 1. The van der Waals surface area contributed by atoms with E-state index in [9.17, 15) is 9.90 Å². The number of β-amino-alcohol motifs (C(OH)–C–C–N with tert-alkyl or cyclic N) is 1. The first-order valence-electron chi connectivity index (χ1n) is 9.57. The fourth-order valence-electron chi connectivity index (χ4n) is 3.72. The van der Waals surface area contributed by atoms with Crippen molar-refractivity contribution in [2.24, 2.45) is 0 Å². The largest absolute Gasteiger partial charge is 0.392 e. The first-order chi connectivity index (χ1) is 13.2. The summed E-state index contributed by atoms with van der Waals surface area (Å²) in [6.45, 7) is 4.37. The quantitative estimate of drug-likeness (QED) is 0.840. The van der Waals surface area contributed by atoms with E-state index in [1.165, 1.54) is 12.8 Å². The molecular weight excluding hydrogens is 342 g/mol. The lowest BCUT2D eigenvalue weighted by molar-refractivity contribution is 0.102. The molecule has 3 heterocycles. The van der Waals surface area contributed by atoms with E-state index in [4.69, 9.17) is 0 Å². The molecule has 142 valence electrons. The summed E-state index contributed by atoms with van der Waals surface area (Å²) in [4.78, 5) is 16.9. The molecule has 2 saturated heterocycles. The number of aliphatic hydroxyl groups excluding tert-OH is 1. The van der Waals surface area contributed by atoms with Crippen molar-refractivity contribution in [3.8, 4) is 0 Å². The molecule has 1 amide bonds. The van der Waals surface area contributed by atoms with E-state index in [0.717, 1.165) is 49.7 Å². The third kappa shape index (κ3) is 4.43. The summed E-state index contributed by atoms with van der Waals surface area (Å²) < 4.78 is 0. The maximum Gasteiger partial charge on any atom is 0.276 e. The molecule has 0 saturated carbocycles. The molecule has 2 N–H and O–H groups in total. The zero-order valence-electron chi connectivity index (χ0n) is 15.3. The van der Waals surface area contributed by atoms with Crippen LogP contribution in [-0.2, 0) is 6.54 Å². The lowest BCUT2D eigenvalue weighted by atomic mass is 10.2. The number of rotatable bonds is 5. The van der Waals surface area contributed by atoms with Crippen molar-refractivity contribution in [2.45, 2.75) is 31.9 Å². The topological polar surface area (TPSA) is 81.6 Å². The molecule has 1 unspecified atom stereocenters. The summed E-state index contributed by atoms with van der Waals surface area (Å²) >= 11 is 0. The Balaban J connectivity index is 1.38. The summed E-state index contributed by atoms with van der Waals surface area (Å²) in [5, 5.41) is 20.8. The van der Waals surface area contributed by atoms with E-state index in [2.05, 4.69) is 25.3 Å². The molecule has 2 aromatic rings. The second-order valence-electron chi connectivity index (χ2n) is 7.30. The van der Waals surface area contributed by atoms with Crippen molar-refractivity contribution in [1.82, 2.24) is 15.1 Å². The number of nitrogens with zero attached hydrogens (tertiary/aromatic N) is 4. The van der Waals surface area contributed by atoms with E-state index in [1.54, 1.807) is 6.07 Å². The number of aromatic nitrogens is 2. The number of carbonyl (C=O) groups is 1. The van der Waals surface area contributed by atoms with Gasteiger partial charge in [0.05, 0.1) is 6.10 Å². The zero-order chi connectivity index (χ0) is 18.6. The molecule has 1 atom stereocenters. The second kappa shape index (κ2) is 8.02. The Morgan fingerprint density at radius 1 is 1.15 bits per heavy atom. The molecule has 7 heteroatoms. The summed E-state index contributed by atoms with van der Waals surface area (Å²) in [6.07, 6.45) is 2.95. The maximum atomic E-state index is 12.5. The van der Waals surface area contributed by atoms with Gasteiger partial charge in [-0.15, -0.1) is 10.2 Å². The highest BCUT2D eigenvalue weighted by Gasteiger charge is 2.20. The number of carbonyl (C=O) groups excluding carboxylic acids is 1. The highest BCUT2D eigenvalue weighted by Crippen LogP contribution is 2.18.